The number of aryl methyl sites for hydroxylation is 1. The Kier molecular flexibility index (Phi) is 3.17. The van der Waals surface area contributed by atoms with Gasteiger partial charge in [-0.2, -0.15) is 4.98 Å². The summed E-state index contributed by atoms with van der Waals surface area (Å²) in [6.07, 6.45) is 0.848. The Labute approximate surface area is 117 Å². The van der Waals surface area contributed by atoms with E-state index in [-0.39, 0.29) is 12.0 Å². The molecular weight excluding hydrogens is 254 g/mol. The molecule has 6 nitrogen and oxygen atoms in total. The minimum Gasteiger partial charge on any atom is -0.384 e. The number of aromatic nitrogens is 3. The van der Waals surface area contributed by atoms with Crippen LogP contribution in [0.2, 0.25) is 0 Å². The molecule has 3 rings (SSSR count). The van der Waals surface area contributed by atoms with Crippen LogP contribution >= 0.6 is 0 Å². The quantitative estimate of drug-likeness (QED) is 0.863. The third kappa shape index (κ3) is 2.16. The number of nitrogen functional groups attached to an aromatic ring is 1. The van der Waals surface area contributed by atoms with Gasteiger partial charge in [0.05, 0.1) is 23.2 Å². The molecule has 2 aromatic rings. The minimum atomic E-state index is 0.238. The highest BCUT2D eigenvalue weighted by Gasteiger charge is 2.26. The van der Waals surface area contributed by atoms with Crippen molar-refractivity contribution < 1.29 is 4.74 Å². The number of pyridine rings is 1. The van der Waals surface area contributed by atoms with Crippen LogP contribution in [0.15, 0.2) is 6.07 Å². The molecule has 1 aliphatic rings. The molecule has 0 aromatic carbocycles. The first-order valence-electron chi connectivity index (χ1n) is 6.77. The summed E-state index contributed by atoms with van der Waals surface area (Å²) in [6, 6.07) is 2.19. The summed E-state index contributed by atoms with van der Waals surface area (Å²) in [5.41, 5.74) is 8.63. The van der Waals surface area contributed by atoms with Gasteiger partial charge in [-0.3, -0.25) is 4.98 Å². The number of nitrogens with two attached hydrogens (primary N) is 1. The third-order valence-electron chi connectivity index (χ3n) is 3.81. The highest BCUT2D eigenvalue weighted by atomic mass is 16.5. The number of ether oxygens (including phenoxy) is 1. The second-order valence-electron chi connectivity index (χ2n) is 5.39. The van der Waals surface area contributed by atoms with E-state index in [4.69, 9.17) is 10.5 Å². The number of anilines is 2. The molecule has 1 aliphatic heterocycles. The maximum atomic E-state index is 5.81. The lowest BCUT2D eigenvalue weighted by Crippen LogP contribution is -2.29. The molecule has 0 saturated carbocycles. The number of rotatable bonds is 2. The smallest absolute Gasteiger partial charge is 0.222 e. The molecule has 2 aromatic heterocycles. The first kappa shape index (κ1) is 13.1. The molecule has 0 amide bonds. The lowest BCUT2D eigenvalue weighted by atomic mass is 9.96. The number of nitrogens with zero attached hydrogens (tertiary/aromatic N) is 3. The van der Waals surface area contributed by atoms with Crippen molar-refractivity contribution in [2.45, 2.75) is 26.3 Å². The Hall–Kier alpha value is -1.95. The van der Waals surface area contributed by atoms with Gasteiger partial charge in [0.2, 0.25) is 5.95 Å². The molecule has 0 spiro atoms. The van der Waals surface area contributed by atoms with Crippen molar-refractivity contribution in [3.63, 3.8) is 0 Å². The van der Waals surface area contributed by atoms with Crippen LogP contribution in [0.1, 0.15) is 18.3 Å². The second-order valence-corrected chi connectivity index (χ2v) is 5.39. The normalized spacial score (nSPS) is 21.6. The van der Waals surface area contributed by atoms with Gasteiger partial charge in [0.25, 0.3) is 0 Å². The molecule has 6 heteroatoms. The predicted octanol–water partition coefficient (Wildman–Crippen LogP) is 1.53. The number of hydrogen-bond donors (Lipinski definition) is 2. The first-order valence-corrected chi connectivity index (χ1v) is 6.77. The fraction of sp³-hybridized carbons (Fsp3) is 0.500. The summed E-state index contributed by atoms with van der Waals surface area (Å²) >= 11 is 0. The molecule has 2 unspecified atom stereocenters. The van der Waals surface area contributed by atoms with Gasteiger partial charge in [0, 0.05) is 24.8 Å². The van der Waals surface area contributed by atoms with Gasteiger partial charge in [-0.05, 0) is 26.3 Å². The van der Waals surface area contributed by atoms with E-state index in [1.54, 1.807) is 7.11 Å². The van der Waals surface area contributed by atoms with Gasteiger partial charge >= 0.3 is 0 Å². The Balaban J connectivity index is 2.21. The van der Waals surface area contributed by atoms with Crippen molar-refractivity contribution in [2.24, 2.45) is 5.92 Å². The fourth-order valence-corrected chi connectivity index (χ4v) is 2.81. The van der Waals surface area contributed by atoms with Crippen LogP contribution in [-0.2, 0) is 11.2 Å². The van der Waals surface area contributed by atoms with Gasteiger partial charge in [-0.15, -0.1) is 0 Å². The van der Waals surface area contributed by atoms with Crippen molar-refractivity contribution in [1.82, 2.24) is 15.0 Å². The Bertz CT molecular complexity index is 652. The number of methoxy groups -OCH3 is 1. The average molecular weight is 273 g/mol. The van der Waals surface area contributed by atoms with Gasteiger partial charge in [-0.1, -0.05) is 0 Å². The van der Waals surface area contributed by atoms with E-state index in [1.807, 2.05) is 13.0 Å². The second kappa shape index (κ2) is 4.86. The summed E-state index contributed by atoms with van der Waals surface area (Å²) in [7, 11) is 1.72. The molecule has 106 valence electrons. The topological polar surface area (TPSA) is 86.0 Å². The van der Waals surface area contributed by atoms with Crippen LogP contribution < -0.4 is 11.1 Å². The van der Waals surface area contributed by atoms with E-state index in [1.165, 1.54) is 0 Å². The van der Waals surface area contributed by atoms with Crippen molar-refractivity contribution in [3.05, 3.63) is 17.5 Å². The van der Waals surface area contributed by atoms with Crippen molar-refractivity contribution in [3.8, 4) is 0 Å². The molecule has 0 fully saturated rings. The Morgan fingerprint density at radius 2 is 2.20 bits per heavy atom. The molecule has 3 N–H and O–H groups in total. The van der Waals surface area contributed by atoms with Crippen molar-refractivity contribution in [2.75, 3.05) is 24.8 Å². The van der Waals surface area contributed by atoms with Crippen molar-refractivity contribution in [1.29, 1.82) is 0 Å². The van der Waals surface area contributed by atoms with E-state index < -0.39 is 0 Å². The Morgan fingerprint density at radius 1 is 1.40 bits per heavy atom. The lowest BCUT2D eigenvalue weighted by molar-refractivity contribution is 0.145. The van der Waals surface area contributed by atoms with Crippen LogP contribution in [0.5, 0.6) is 0 Å². The van der Waals surface area contributed by atoms with Crippen LogP contribution in [0, 0.1) is 12.8 Å². The van der Waals surface area contributed by atoms with E-state index in [2.05, 4.69) is 27.2 Å². The average Bonchev–Trinajstić information content (AvgIpc) is 2.47. The molecule has 2 atom stereocenters. The molecule has 0 radical (unpaired) electrons. The van der Waals surface area contributed by atoms with E-state index in [9.17, 15) is 0 Å². The minimum absolute atomic E-state index is 0.238. The predicted molar refractivity (Wildman–Crippen MR) is 78.6 cm³/mol. The monoisotopic (exact) mass is 273 g/mol. The van der Waals surface area contributed by atoms with E-state index in [0.29, 0.717) is 12.5 Å². The SMILES string of the molecule is COCC1Cc2nc(C)cc3nc(N)nc(c23)NC1C. The van der Waals surface area contributed by atoms with Gasteiger partial charge < -0.3 is 15.8 Å². The lowest BCUT2D eigenvalue weighted by Gasteiger charge is -2.21. The summed E-state index contributed by atoms with van der Waals surface area (Å²) in [4.78, 5) is 13.3. The van der Waals surface area contributed by atoms with Crippen LogP contribution in [0.4, 0.5) is 11.8 Å². The molecule has 0 aliphatic carbocycles. The molecule has 0 saturated heterocycles. The summed E-state index contributed by atoms with van der Waals surface area (Å²) in [6.45, 7) is 4.79. The molecule has 20 heavy (non-hydrogen) atoms. The largest absolute Gasteiger partial charge is 0.384 e. The highest BCUT2D eigenvalue weighted by Crippen LogP contribution is 2.31. The summed E-state index contributed by atoms with van der Waals surface area (Å²) < 4.78 is 5.33. The van der Waals surface area contributed by atoms with E-state index in [0.717, 1.165) is 34.5 Å². The molecule has 3 heterocycles. The Morgan fingerprint density at radius 3 is 2.95 bits per heavy atom. The zero-order valence-electron chi connectivity index (χ0n) is 12.0. The van der Waals surface area contributed by atoms with Crippen molar-refractivity contribution >= 4 is 22.7 Å². The zero-order valence-corrected chi connectivity index (χ0v) is 12.0. The number of nitrogens with one attached hydrogen (secondary N) is 1. The molecular formula is C14H19N5O. The van der Waals surface area contributed by atoms with Crippen LogP contribution in [-0.4, -0.2) is 34.7 Å². The third-order valence-corrected chi connectivity index (χ3v) is 3.81. The maximum absolute atomic E-state index is 5.81. The van der Waals surface area contributed by atoms with Gasteiger partial charge in [-0.25, -0.2) is 4.98 Å². The van der Waals surface area contributed by atoms with Crippen LogP contribution in [0.25, 0.3) is 10.9 Å². The molecule has 0 bridgehead atoms. The summed E-state index contributed by atoms with van der Waals surface area (Å²) in [5.74, 6) is 1.41. The fourth-order valence-electron chi connectivity index (χ4n) is 2.81. The standard InChI is InChI=1S/C14H19N5O/c1-7-4-10-12-11(16-7)5-9(6-20-3)8(2)17-13(12)19-14(15)18-10/h4,8-9H,5-6H2,1-3H3,(H3,15,17,18,19). The first-order chi connectivity index (χ1) is 9.58. The van der Waals surface area contributed by atoms with Crippen LogP contribution in [0.3, 0.4) is 0 Å². The van der Waals surface area contributed by atoms with Gasteiger partial charge in [0.15, 0.2) is 0 Å². The zero-order chi connectivity index (χ0) is 14.3. The maximum Gasteiger partial charge on any atom is 0.222 e. The summed E-state index contributed by atoms with van der Waals surface area (Å²) in [5, 5.41) is 4.41. The number of hydrogen-bond acceptors (Lipinski definition) is 6. The van der Waals surface area contributed by atoms with E-state index >= 15 is 0 Å². The van der Waals surface area contributed by atoms with Gasteiger partial charge in [0.1, 0.15) is 5.82 Å². The highest BCUT2D eigenvalue weighted by molar-refractivity contribution is 5.92.